The topological polar surface area (TPSA) is 16.1 Å². The normalized spacial score (nSPS) is 11.5. The second-order valence-corrected chi connectivity index (χ2v) is 11.0. The first kappa shape index (κ1) is 22.9. The zero-order valence-corrected chi connectivity index (χ0v) is 22.5. The van der Waals surface area contributed by atoms with Crippen molar-refractivity contribution in [2.45, 2.75) is 0 Å². The summed E-state index contributed by atoms with van der Waals surface area (Å²) in [6.07, 6.45) is 1.88. The zero-order chi connectivity index (χ0) is 26.5. The van der Waals surface area contributed by atoms with Gasteiger partial charge in [-0.1, -0.05) is 97.1 Å². The minimum atomic E-state index is 1.06. The van der Waals surface area contributed by atoms with Crippen molar-refractivity contribution in [3.8, 4) is 11.1 Å². The van der Waals surface area contributed by atoms with Gasteiger partial charge in [0.1, 0.15) is 4.83 Å². The Bertz CT molecular complexity index is 2160. The molecule has 0 spiro atoms. The summed E-state index contributed by atoms with van der Waals surface area (Å²) < 4.78 is 1.24. The average molecular weight is 529 g/mol. The molecular weight excluding hydrogens is 504 g/mol. The van der Waals surface area contributed by atoms with Crippen LogP contribution in [0.25, 0.3) is 53.0 Å². The summed E-state index contributed by atoms with van der Waals surface area (Å²) in [7, 11) is 0. The molecule has 0 atom stereocenters. The molecule has 0 fully saturated rings. The van der Waals surface area contributed by atoms with Crippen molar-refractivity contribution < 1.29 is 0 Å². The van der Waals surface area contributed by atoms with E-state index in [0.717, 1.165) is 21.9 Å². The van der Waals surface area contributed by atoms with E-state index in [1.807, 2.05) is 12.3 Å². The minimum Gasteiger partial charge on any atom is -0.309 e. The molecular formula is C37H24N2S. The van der Waals surface area contributed by atoms with Crippen molar-refractivity contribution in [1.82, 2.24) is 4.98 Å². The number of anilines is 3. The van der Waals surface area contributed by atoms with Gasteiger partial charge in [-0.3, -0.25) is 0 Å². The maximum Gasteiger partial charge on any atom is 0.124 e. The van der Waals surface area contributed by atoms with Crippen LogP contribution in [-0.4, -0.2) is 4.98 Å². The molecule has 2 nitrogen and oxygen atoms in total. The van der Waals surface area contributed by atoms with E-state index in [1.165, 1.54) is 48.1 Å². The standard InChI is InChI=1S/C37H24N2S/c1-2-10-25(11-3-1)26-19-21-28(22-20-26)39(33-17-8-18-35-36(33)32-16-9-23-38-37(32)40-35)34-24-27-12-4-5-13-29(27)30-14-6-7-15-31(30)34/h1-24H. The molecule has 8 aromatic rings. The van der Waals surface area contributed by atoms with Gasteiger partial charge in [0, 0.05) is 32.7 Å². The quantitative estimate of drug-likeness (QED) is 0.211. The molecule has 0 unspecified atom stereocenters. The maximum atomic E-state index is 4.70. The summed E-state index contributed by atoms with van der Waals surface area (Å²) in [4.78, 5) is 8.20. The zero-order valence-electron chi connectivity index (χ0n) is 21.7. The molecule has 0 aliphatic heterocycles. The summed E-state index contributed by atoms with van der Waals surface area (Å²) in [5.74, 6) is 0. The third kappa shape index (κ3) is 3.67. The van der Waals surface area contributed by atoms with Crippen molar-refractivity contribution in [2.24, 2.45) is 0 Å². The number of rotatable bonds is 4. The molecule has 6 aromatic carbocycles. The van der Waals surface area contributed by atoms with Crippen LogP contribution in [0.3, 0.4) is 0 Å². The van der Waals surface area contributed by atoms with Crippen LogP contribution in [0.2, 0.25) is 0 Å². The Kier molecular flexibility index (Phi) is 5.35. The highest BCUT2D eigenvalue weighted by Crippen LogP contribution is 2.47. The van der Waals surface area contributed by atoms with Gasteiger partial charge in [-0.2, -0.15) is 0 Å². The van der Waals surface area contributed by atoms with E-state index in [1.54, 1.807) is 11.3 Å². The Labute approximate surface area is 236 Å². The molecule has 40 heavy (non-hydrogen) atoms. The molecule has 0 saturated carbocycles. The molecule has 0 aliphatic rings. The highest BCUT2D eigenvalue weighted by Gasteiger charge is 2.21. The van der Waals surface area contributed by atoms with E-state index in [4.69, 9.17) is 4.98 Å². The van der Waals surface area contributed by atoms with E-state index in [-0.39, 0.29) is 0 Å². The number of pyridine rings is 1. The third-order valence-electron chi connectivity index (χ3n) is 7.71. The maximum absolute atomic E-state index is 4.70. The van der Waals surface area contributed by atoms with Gasteiger partial charge in [-0.15, -0.1) is 11.3 Å². The highest BCUT2D eigenvalue weighted by molar-refractivity contribution is 7.25. The van der Waals surface area contributed by atoms with Gasteiger partial charge in [-0.25, -0.2) is 4.98 Å². The van der Waals surface area contributed by atoms with Crippen LogP contribution in [0.1, 0.15) is 0 Å². The Morgan fingerprint density at radius 2 is 1.20 bits per heavy atom. The number of fused-ring (bicyclic) bond motifs is 6. The lowest BCUT2D eigenvalue weighted by atomic mass is 9.98. The lowest BCUT2D eigenvalue weighted by Crippen LogP contribution is -2.11. The van der Waals surface area contributed by atoms with Crippen molar-refractivity contribution in [1.29, 1.82) is 0 Å². The SMILES string of the molecule is c1ccc(-c2ccc(N(c3cc4ccccc4c4ccccc34)c3cccc4sc5ncccc5c34)cc2)cc1. The van der Waals surface area contributed by atoms with Gasteiger partial charge in [0.25, 0.3) is 0 Å². The first-order valence-electron chi connectivity index (χ1n) is 13.5. The third-order valence-corrected chi connectivity index (χ3v) is 8.79. The fourth-order valence-electron chi connectivity index (χ4n) is 5.89. The lowest BCUT2D eigenvalue weighted by molar-refractivity contribution is 1.32. The molecule has 2 heterocycles. The van der Waals surface area contributed by atoms with E-state index in [9.17, 15) is 0 Å². The first-order chi connectivity index (χ1) is 19.8. The molecule has 2 aromatic heterocycles. The van der Waals surface area contributed by atoms with Crippen LogP contribution in [0.5, 0.6) is 0 Å². The summed E-state index contributed by atoms with van der Waals surface area (Å²) in [5, 5.41) is 7.40. The first-order valence-corrected chi connectivity index (χ1v) is 14.3. The van der Waals surface area contributed by atoms with Gasteiger partial charge < -0.3 is 4.90 Å². The Morgan fingerprint density at radius 3 is 2.05 bits per heavy atom. The van der Waals surface area contributed by atoms with Gasteiger partial charge in [-0.05, 0) is 69.8 Å². The van der Waals surface area contributed by atoms with E-state index >= 15 is 0 Å². The van der Waals surface area contributed by atoms with Crippen LogP contribution in [0.4, 0.5) is 17.1 Å². The average Bonchev–Trinajstić information content (AvgIpc) is 3.41. The number of hydrogen-bond donors (Lipinski definition) is 0. The molecule has 188 valence electrons. The minimum absolute atomic E-state index is 1.06. The number of thiophene rings is 1. The van der Waals surface area contributed by atoms with Crippen molar-refractivity contribution >= 4 is 70.2 Å². The predicted molar refractivity (Wildman–Crippen MR) is 172 cm³/mol. The Morgan fingerprint density at radius 1 is 0.500 bits per heavy atom. The number of nitrogens with zero attached hydrogens (tertiary/aromatic N) is 2. The van der Waals surface area contributed by atoms with E-state index < -0.39 is 0 Å². The number of benzene rings is 6. The summed E-state index contributed by atoms with van der Waals surface area (Å²) in [6, 6.07) is 50.2. The van der Waals surface area contributed by atoms with Gasteiger partial charge in [0.2, 0.25) is 0 Å². The molecule has 3 heteroatoms. The summed E-state index contributed by atoms with van der Waals surface area (Å²) in [5.41, 5.74) is 5.86. The molecule has 0 radical (unpaired) electrons. The molecule has 0 N–H and O–H groups in total. The number of hydrogen-bond acceptors (Lipinski definition) is 3. The van der Waals surface area contributed by atoms with Gasteiger partial charge in [0.05, 0.1) is 11.4 Å². The number of aromatic nitrogens is 1. The Balaban J connectivity index is 1.45. The van der Waals surface area contributed by atoms with E-state index in [0.29, 0.717) is 0 Å². The highest BCUT2D eigenvalue weighted by atomic mass is 32.1. The second kappa shape index (κ2) is 9.33. The summed E-state index contributed by atoms with van der Waals surface area (Å²) >= 11 is 1.75. The van der Waals surface area contributed by atoms with Gasteiger partial charge >= 0.3 is 0 Å². The van der Waals surface area contributed by atoms with Crippen LogP contribution in [0, 0.1) is 0 Å². The molecule has 0 bridgehead atoms. The largest absolute Gasteiger partial charge is 0.309 e. The van der Waals surface area contributed by atoms with E-state index in [2.05, 4.69) is 138 Å². The van der Waals surface area contributed by atoms with Crippen molar-refractivity contribution in [2.75, 3.05) is 4.90 Å². The van der Waals surface area contributed by atoms with Crippen LogP contribution in [0.15, 0.2) is 146 Å². The lowest BCUT2D eigenvalue weighted by Gasteiger charge is -2.28. The predicted octanol–water partition coefficient (Wildman–Crippen LogP) is 10.9. The summed E-state index contributed by atoms with van der Waals surface area (Å²) in [6.45, 7) is 0. The van der Waals surface area contributed by atoms with Crippen molar-refractivity contribution in [3.63, 3.8) is 0 Å². The molecule has 0 aliphatic carbocycles. The monoisotopic (exact) mass is 528 g/mol. The van der Waals surface area contributed by atoms with Crippen LogP contribution >= 0.6 is 11.3 Å². The van der Waals surface area contributed by atoms with Crippen molar-refractivity contribution in [3.05, 3.63) is 146 Å². The van der Waals surface area contributed by atoms with Crippen LogP contribution < -0.4 is 4.90 Å². The van der Waals surface area contributed by atoms with Crippen LogP contribution in [-0.2, 0) is 0 Å². The molecule has 0 saturated heterocycles. The fraction of sp³-hybridized carbons (Fsp3) is 0. The molecule has 8 rings (SSSR count). The Hall–Kier alpha value is -4.99. The fourth-order valence-corrected chi connectivity index (χ4v) is 6.95. The van der Waals surface area contributed by atoms with Gasteiger partial charge in [0.15, 0.2) is 0 Å². The molecule has 0 amide bonds. The second-order valence-electron chi connectivity index (χ2n) is 10.0. The smallest absolute Gasteiger partial charge is 0.124 e.